The quantitative estimate of drug-likeness (QED) is 0.599. The second-order valence-corrected chi connectivity index (χ2v) is 6.53. The standard InChI is InChI=1S/C19H16N6O3/c1-24-10-8-19(28,18(24)27)7-5-12-3-2-4-13(11-12)25-17-14(6-9-21-22-17)15(23-25)16(20)26/h2-4,6,9,11,28H,8,10H2,1H3,(H2,20,26)/t19-/m0/s1. The number of aliphatic hydroxyl groups is 1. The molecule has 1 aliphatic rings. The van der Waals surface area contributed by atoms with Crippen LogP contribution < -0.4 is 5.73 Å². The molecule has 3 N–H and O–H groups in total. The number of carbonyl (C=O) groups excluding carboxylic acids is 2. The maximum atomic E-state index is 12.1. The molecule has 0 radical (unpaired) electrons. The minimum Gasteiger partial charge on any atom is -0.369 e. The van der Waals surface area contributed by atoms with Gasteiger partial charge in [0.2, 0.25) is 5.60 Å². The first-order valence-corrected chi connectivity index (χ1v) is 8.51. The van der Waals surface area contributed by atoms with Crippen LogP contribution in [0.4, 0.5) is 0 Å². The van der Waals surface area contributed by atoms with E-state index in [0.29, 0.717) is 28.8 Å². The highest BCUT2D eigenvalue weighted by atomic mass is 16.3. The summed E-state index contributed by atoms with van der Waals surface area (Å²) in [6, 6.07) is 8.59. The highest BCUT2D eigenvalue weighted by Gasteiger charge is 2.42. The van der Waals surface area contributed by atoms with Crippen molar-refractivity contribution in [1.29, 1.82) is 0 Å². The third kappa shape index (κ3) is 2.86. The van der Waals surface area contributed by atoms with Crippen LogP contribution in [0.25, 0.3) is 16.7 Å². The molecule has 1 aromatic carbocycles. The Kier molecular flexibility index (Phi) is 4.05. The first-order chi connectivity index (χ1) is 13.4. The number of hydrogen-bond donors (Lipinski definition) is 2. The van der Waals surface area contributed by atoms with Crippen LogP contribution in [0.1, 0.15) is 22.5 Å². The Labute approximate surface area is 159 Å². The maximum Gasteiger partial charge on any atom is 0.269 e. The zero-order valence-corrected chi connectivity index (χ0v) is 15.0. The van der Waals surface area contributed by atoms with Gasteiger partial charge in [0.05, 0.1) is 17.3 Å². The van der Waals surface area contributed by atoms with Gasteiger partial charge in [0.25, 0.3) is 11.8 Å². The number of benzene rings is 1. The molecule has 140 valence electrons. The summed E-state index contributed by atoms with van der Waals surface area (Å²) < 4.78 is 1.46. The Morgan fingerprint density at radius 2 is 2.18 bits per heavy atom. The third-order valence-corrected chi connectivity index (χ3v) is 4.60. The molecule has 2 amide bonds. The zero-order valence-electron chi connectivity index (χ0n) is 15.0. The summed E-state index contributed by atoms with van der Waals surface area (Å²) in [7, 11) is 1.63. The molecule has 1 fully saturated rings. The number of primary amides is 1. The molecule has 1 saturated heterocycles. The SMILES string of the molecule is CN1CC[C@@](O)(C#Cc2cccc(-n3nc(C(N)=O)c4ccnnc43)c2)C1=O. The molecule has 0 aliphatic carbocycles. The van der Waals surface area contributed by atoms with Gasteiger partial charge in [-0.25, -0.2) is 4.68 Å². The van der Waals surface area contributed by atoms with Gasteiger partial charge in [-0.1, -0.05) is 17.9 Å². The topological polar surface area (TPSA) is 127 Å². The molecule has 1 atom stereocenters. The Balaban J connectivity index is 1.76. The number of aromatic nitrogens is 4. The van der Waals surface area contributed by atoms with Crippen LogP contribution in [0.3, 0.4) is 0 Å². The molecular weight excluding hydrogens is 360 g/mol. The van der Waals surface area contributed by atoms with Gasteiger partial charge in [-0.05, 0) is 24.3 Å². The Hall–Kier alpha value is -3.77. The second-order valence-electron chi connectivity index (χ2n) is 6.53. The molecule has 9 heteroatoms. The highest BCUT2D eigenvalue weighted by Crippen LogP contribution is 2.22. The molecular formula is C19H16N6O3. The first-order valence-electron chi connectivity index (χ1n) is 8.51. The molecule has 0 spiro atoms. The summed E-state index contributed by atoms with van der Waals surface area (Å²) in [6.07, 6.45) is 1.72. The fraction of sp³-hybridized carbons (Fsp3) is 0.211. The van der Waals surface area contributed by atoms with Crippen molar-refractivity contribution in [3.63, 3.8) is 0 Å². The zero-order chi connectivity index (χ0) is 19.9. The summed E-state index contributed by atoms with van der Waals surface area (Å²) in [5, 5.41) is 23.1. The van der Waals surface area contributed by atoms with Crippen molar-refractivity contribution < 1.29 is 14.7 Å². The second kappa shape index (κ2) is 6.44. The molecule has 3 heterocycles. The lowest BCUT2D eigenvalue weighted by Crippen LogP contribution is -2.37. The lowest BCUT2D eigenvalue weighted by Gasteiger charge is -2.13. The van der Waals surface area contributed by atoms with E-state index >= 15 is 0 Å². The van der Waals surface area contributed by atoms with Crippen molar-refractivity contribution >= 4 is 22.8 Å². The molecule has 0 saturated carbocycles. The minimum absolute atomic E-state index is 0.0929. The van der Waals surface area contributed by atoms with Crippen LogP contribution in [0.2, 0.25) is 0 Å². The summed E-state index contributed by atoms with van der Waals surface area (Å²) in [6.45, 7) is 0.456. The summed E-state index contributed by atoms with van der Waals surface area (Å²) in [5.74, 6) is 4.45. The summed E-state index contributed by atoms with van der Waals surface area (Å²) in [5.41, 5.74) is 5.37. The number of hydrogen-bond acceptors (Lipinski definition) is 6. The van der Waals surface area contributed by atoms with Gasteiger partial charge in [-0.15, -0.1) is 5.10 Å². The molecule has 1 aliphatic heterocycles. The molecule has 2 aromatic heterocycles. The molecule has 28 heavy (non-hydrogen) atoms. The summed E-state index contributed by atoms with van der Waals surface area (Å²) in [4.78, 5) is 25.2. The van der Waals surface area contributed by atoms with E-state index in [1.54, 1.807) is 37.4 Å². The van der Waals surface area contributed by atoms with E-state index in [4.69, 9.17) is 5.73 Å². The fourth-order valence-electron chi connectivity index (χ4n) is 3.09. The number of likely N-dealkylation sites (N-methyl/N-ethyl adjacent to an activating group) is 1. The number of nitrogens with two attached hydrogens (primary N) is 1. The first kappa shape index (κ1) is 17.6. The predicted molar refractivity (Wildman–Crippen MR) is 99.3 cm³/mol. The van der Waals surface area contributed by atoms with Gasteiger partial charge in [0.15, 0.2) is 11.3 Å². The van der Waals surface area contributed by atoms with E-state index in [-0.39, 0.29) is 12.1 Å². The maximum absolute atomic E-state index is 12.1. The number of carbonyl (C=O) groups is 2. The van der Waals surface area contributed by atoms with Crippen LogP contribution in [-0.2, 0) is 4.79 Å². The molecule has 9 nitrogen and oxygen atoms in total. The Morgan fingerprint density at radius 1 is 1.36 bits per heavy atom. The average Bonchev–Trinajstić information content (AvgIpc) is 3.21. The smallest absolute Gasteiger partial charge is 0.269 e. The fourth-order valence-corrected chi connectivity index (χ4v) is 3.09. The van der Waals surface area contributed by atoms with Gasteiger partial charge < -0.3 is 15.7 Å². The van der Waals surface area contributed by atoms with Crippen LogP contribution in [0.15, 0.2) is 36.5 Å². The van der Waals surface area contributed by atoms with Crippen molar-refractivity contribution in [3.05, 3.63) is 47.8 Å². The van der Waals surface area contributed by atoms with E-state index in [0.717, 1.165) is 0 Å². The van der Waals surface area contributed by atoms with E-state index in [9.17, 15) is 14.7 Å². The van der Waals surface area contributed by atoms with E-state index in [1.165, 1.54) is 15.8 Å². The lowest BCUT2D eigenvalue weighted by atomic mass is 10.0. The Bertz CT molecular complexity index is 1180. The van der Waals surface area contributed by atoms with E-state index in [2.05, 4.69) is 27.1 Å². The van der Waals surface area contributed by atoms with Crippen molar-refractivity contribution in [1.82, 2.24) is 24.9 Å². The highest BCUT2D eigenvalue weighted by molar-refractivity contribution is 6.03. The number of fused-ring (bicyclic) bond motifs is 1. The van der Waals surface area contributed by atoms with Crippen molar-refractivity contribution in [2.24, 2.45) is 5.73 Å². The van der Waals surface area contributed by atoms with Crippen LogP contribution in [-0.4, -0.2) is 61.0 Å². The van der Waals surface area contributed by atoms with E-state index < -0.39 is 17.4 Å². The lowest BCUT2D eigenvalue weighted by molar-refractivity contribution is -0.137. The molecule has 0 unspecified atom stereocenters. The molecule has 3 aromatic rings. The van der Waals surface area contributed by atoms with Crippen molar-refractivity contribution in [3.8, 4) is 17.5 Å². The average molecular weight is 376 g/mol. The largest absolute Gasteiger partial charge is 0.369 e. The molecule has 0 bridgehead atoms. The van der Waals surface area contributed by atoms with E-state index in [1.807, 2.05) is 0 Å². The van der Waals surface area contributed by atoms with Crippen LogP contribution >= 0.6 is 0 Å². The number of rotatable bonds is 2. The number of amides is 2. The van der Waals surface area contributed by atoms with Crippen LogP contribution in [0.5, 0.6) is 0 Å². The monoisotopic (exact) mass is 376 g/mol. The minimum atomic E-state index is -1.67. The third-order valence-electron chi connectivity index (χ3n) is 4.60. The van der Waals surface area contributed by atoms with Gasteiger partial charge in [0.1, 0.15) is 0 Å². The number of likely N-dealkylation sites (tertiary alicyclic amines) is 1. The summed E-state index contributed by atoms with van der Waals surface area (Å²) >= 11 is 0. The Morgan fingerprint density at radius 3 is 2.89 bits per heavy atom. The van der Waals surface area contributed by atoms with Crippen molar-refractivity contribution in [2.45, 2.75) is 12.0 Å². The van der Waals surface area contributed by atoms with Gasteiger partial charge >= 0.3 is 0 Å². The predicted octanol–water partition coefficient (Wildman–Crippen LogP) is -0.141. The number of nitrogens with zero attached hydrogens (tertiary/aromatic N) is 5. The van der Waals surface area contributed by atoms with Gasteiger partial charge in [-0.3, -0.25) is 9.59 Å². The van der Waals surface area contributed by atoms with Gasteiger partial charge in [-0.2, -0.15) is 10.2 Å². The normalized spacial score (nSPS) is 18.9. The van der Waals surface area contributed by atoms with Crippen LogP contribution in [0, 0.1) is 11.8 Å². The van der Waals surface area contributed by atoms with Crippen molar-refractivity contribution in [2.75, 3.05) is 13.6 Å². The molecule has 4 rings (SSSR count). The van der Waals surface area contributed by atoms with Gasteiger partial charge in [0, 0.05) is 25.6 Å².